The summed E-state index contributed by atoms with van der Waals surface area (Å²) in [5.74, 6) is -5.73. The number of carbonyl (C=O) groups excluding carboxylic acids is 5. The van der Waals surface area contributed by atoms with Crippen LogP contribution in [0.3, 0.4) is 0 Å². The zero-order valence-electron chi connectivity index (χ0n) is 18.2. The zero-order valence-corrected chi connectivity index (χ0v) is 22.6. The number of hydrogen-bond donors (Lipinski definition) is 2. The first-order valence-corrected chi connectivity index (χ1v) is 11.5. The van der Waals surface area contributed by atoms with Crippen LogP contribution in [0, 0.1) is 0 Å². The van der Waals surface area contributed by atoms with E-state index < -0.39 is 64.4 Å². The van der Waals surface area contributed by atoms with Gasteiger partial charge in [0.15, 0.2) is 27.2 Å². The molecular weight excluding hydrogens is 549 g/mol. The summed E-state index contributed by atoms with van der Waals surface area (Å²) in [6, 6.07) is -3.77. The van der Waals surface area contributed by atoms with Gasteiger partial charge in [0.25, 0.3) is 11.8 Å². The first-order valence-electron chi connectivity index (χ1n) is 8.70. The first-order chi connectivity index (χ1) is 15.9. The van der Waals surface area contributed by atoms with E-state index in [1.807, 2.05) is 5.32 Å². The molecule has 0 unspecified atom stereocenters. The Morgan fingerprint density at radius 2 is 1.94 bits per heavy atom. The van der Waals surface area contributed by atoms with E-state index in [4.69, 9.17) is 16.4 Å². The van der Waals surface area contributed by atoms with Gasteiger partial charge in [0.1, 0.15) is 17.6 Å². The molecule has 2 atom stereocenters. The summed E-state index contributed by atoms with van der Waals surface area (Å²) >= 11 is 6.25. The second-order valence-corrected chi connectivity index (χ2v) is 8.39. The number of nitrogens with one attached hydrogen (secondary N) is 2. The fourth-order valence-corrected chi connectivity index (χ4v) is 4.02. The topological polar surface area (TPSA) is 223 Å². The van der Waals surface area contributed by atoms with Gasteiger partial charge in [-0.3, -0.25) is 14.4 Å². The number of amides is 3. The monoisotopic (exact) mass is 563 g/mol. The molecule has 1 fully saturated rings. The predicted octanol–water partition coefficient (Wildman–Crippen LogP) is -5.45. The molecule has 0 saturated carbocycles. The number of nitrogens with zero attached hydrogens (tertiary/aromatic N) is 3. The number of alkyl halides is 1. The van der Waals surface area contributed by atoms with Crippen LogP contribution in [0.25, 0.3) is 0 Å². The van der Waals surface area contributed by atoms with E-state index >= 15 is 0 Å². The average molecular weight is 564 g/mol. The largest absolute Gasteiger partial charge is 1.00 e. The molecule has 1 aliphatic heterocycles. The molecule has 1 aromatic heterocycles. The number of anilines is 1. The number of β-lactam (4-membered cyclic amide) rings is 1. The normalized spacial score (nSPS) is 17.4. The van der Waals surface area contributed by atoms with E-state index in [0.717, 1.165) is 25.6 Å². The van der Waals surface area contributed by atoms with E-state index in [-0.39, 0.29) is 50.6 Å². The summed E-state index contributed by atoms with van der Waals surface area (Å²) < 4.78 is 42.3. The summed E-state index contributed by atoms with van der Waals surface area (Å²) in [4.78, 5) is 68.2. The molecule has 2 rings (SSSR count). The second-order valence-electron chi connectivity index (χ2n) is 6.02. The molecule has 16 nitrogen and oxygen atoms in total. The maximum Gasteiger partial charge on any atom is 1.00 e. The first kappa shape index (κ1) is 30.7. The van der Waals surface area contributed by atoms with Crippen molar-refractivity contribution >= 4 is 73.7 Å². The van der Waals surface area contributed by atoms with Crippen LogP contribution in [0.15, 0.2) is 10.5 Å². The predicted molar refractivity (Wildman–Crippen MR) is 110 cm³/mol. The van der Waals surface area contributed by atoms with Crippen molar-refractivity contribution in [2.75, 3.05) is 32.0 Å². The molecule has 20 heteroatoms. The quantitative estimate of drug-likeness (QED) is 0.0517. The molecule has 2 heterocycles. The van der Waals surface area contributed by atoms with Crippen LogP contribution in [-0.4, -0.2) is 96.4 Å². The van der Waals surface area contributed by atoms with Gasteiger partial charge in [0.2, 0.25) is 12.5 Å². The maximum atomic E-state index is 12.8. The maximum absolute atomic E-state index is 12.8. The van der Waals surface area contributed by atoms with Gasteiger partial charge in [-0.25, -0.2) is 27.3 Å². The third-order valence-corrected chi connectivity index (χ3v) is 5.81. The smallest absolute Gasteiger partial charge is 0.731 e. The van der Waals surface area contributed by atoms with Gasteiger partial charge in [-0.15, -0.1) is 22.9 Å². The molecule has 0 spiro atoms. The van der Waals surface area contributed by atoms with Crippen LogP contribution in [0.1, 0.15) is 5.69 Å². The summed E-state index contributed by atoms with van der Waals surface area (Å²) in [6.07, 6.45) is 0. The fourth-order valence-electron chi connectivity index (χ4n) is 2.42. The summed E-state index contributed by atoms with van der Waals surface area (Å²) in [7, 11) is -3.44. The third-order valence-electron chi connectivity index (χ3n) is 3.92. The second kappa shape index (κ2) is 13.1. The number of esters is 2. The Morgan fingerprint density at radius 3 is 2.49 bits per heavy atom. The van der Waals surface area contributed by atoms with Crippen molar-refractivity contribution in [2.45, 2.75) is 12.1 Å². The Hall–Kier alpha value is -2.35. The number of thiazole rings is 1. The van der Waals surface area contributed by atoms with E-state index in [1.165, 1.54) is 5.38 Å². The summed E-state index contributed by atoms with van der Waals surface area (Å²) in [5, 5.41) is 9.09. The Kier molecular flexibility index (Phi) is 11.5. The fraction of sp³-hybridized carbons (Fsp3) is 0.400. The van der Waals surface area contributed by atoms with Crippen molar-refractivity contribution in [1.82, 2.24) is 14.6 Å². The van der Waals surface area contributed by atoms with Crippen molar-refractivity contribution < 1.29 is 80.8 Å². The molecule has 0 bridgehead atoms. The number of carbonyl (C=O) groups is 5. The number of oxime groups is 1. The van der Waals surface area contributed by atoms with Crippen molar-refractivity contribution in [3.8, 4) is 0 Å². The Morgan fingerprint density at radius 1 is 1.29 bits per heavy atom. The molecule has 186 valence electrons. The molecule has 1 saturated heterocycles. The number of halogens is 1. The minimum atomic E-state index is -5.38. The Bertz CT molecular complexity index is 1140. The van der Waals surface area contributed by atoms with Gasteiger partial charge in [0.05, 0.1) is 14.2 Å². The summed E-state index contributed by atoms with van der Waals surface area (Å²) in [5.41, 5.74) is -0.835. The Labute approximate surface area is 228 Å². The van der Waals surface area contributed by atoms with Crippen molar-refractivity contribution in [3.05, 3.63) is 11.1 Å². The van der Waals surface area contributed by atoms with Crippen molar-refractivity contribution in [3.63, 3.8) is 0 Å². The average Bonchev–Trinajstić information content (AvgIpc) is 3.24. The minimum Gasteiger partial charge on any atom is -0.731 e. The van der Waals surface area contributed by atoms with Gasteiger partial charge in [-0.1, -0.05) is 5.16 Å². The van der Waals surface area contributed by atoms with Crippen LogP contribution in [0.4, 0.5) is 5.13 Å². The number of methoxy groups -OCH3 is 2. The number of ether oxygens (including phenoxy) is 2. The van der Waals surface area contributed by atoms with Crippen LogP contribution in [0.2, 0.25) is 0 Å². The number of rotatable bonds is 10. The van der Waals surface area contributed by atoms with Crippen LogP contribution in [0.5, 0.6) is 0 Å². The number of hydrogen-bond acceptors (Lipinski definition) is 14. The molecule has 0 radical (unpaired) electrons. The summed E-state index contributed by atoms with van der Waals surface area (Å²) in [6.45, 7) is -0.720. The van der Waals surface area contributed by atoms with E-state index in [9.17, 15) is 36.9 Å². The third kappa shape index (κ3) is 7.56. The van der Waals surface area contributed by atoms with E-state index in [2.05, 4.69) is 24.9 Å². The molecule has 3 amide bonds. The zero-order chi connectivity index (χ0) is 25.6. The van der Waals surface area contributed by atoms with Crippen LogP contribution >= 0.6 is 22.9 Å². The molecule has 35 heavy (non-hydrogen) atoms. The van der Waals surface area contributed by atoms with E-state index in [0.29, 0.717) is 0 Å². The molecule has 1 aromatic rings. The SMILES string of the molecule is COC(=O)CON=C(C(=O)N[C@H]1C(=O)N(S(=O)(=O)[O-])[C@H]1C(=O)OC)c1csc(NC(=O)CCl)n1.[Na+]. The van der Waals surface area contributed by atoms with Crippen molar-refractivity contribution in [2.24, 2.45) is 5.16 Å². The van der Waals surface area contributed by atoms with Gasteiger partial charge < -0.3 is 29.5 Å². The van der Waals surface area contributed by atoms with Gasteiger partial charge >= 0.3 is 41.5 Å². The van der Waals surface area contributed by atoms with Crippen LogP contribution in [-0.2, 0) is 48.6 Å². The van der Waals surface area contributed by atoms with Crippen molar-refractivity contribution in [1.29, 1.82) is 0 Å². The van der Waals surface area contributed by atoms with Gasteiger partial charge in [-0.2, -0.15) is 0 Å². The molecular formula is C15H15ClN5NaO11S2. The van der Waals surface area contributed by atoms with Gasteiger partial charge in [0, 0.05) is 5.38 Å². The standard InChI is InChI=1S/C15H16ClN5O11S2.Na/c1-30-8(23)4-32-20-9(6-5-33-15(17-6)18-7(22)3-16)12(24)19-10-11(14(26)31-2)21(13(10)25)34(27,28)29;/h5,10-11H,3-4H2,1-2H3,(H,19,24)(H,17,18,22)(H,27,28,29);/q;+1/p-1/t10-,11-;/m1./s1. The van der Waals surface area contributed by atoms with E-state index in [1.54, 1.807) is 0 Å². The molecule has 0 aromatic carbocycles. The molecule has 0 aliphatic carbocycles. The molecule has 1 aliphatic rings. The minimum absolute atomic E-state index is 0. The van der Waals surface area contributed by atoms with Crippen LogP contribution < -0.4 is 40.2 Å². The number of aromatic nitrogens is 1. The Balaban J connectivity index is 0.00000612. The molecule has 2 N–H and O–H groups in total. The van der Waals surface area contributed by atoms with Gasteiger partial charge in [-0.05, 0) is 0 Å².